The van der Waals surface area contributed by atoms with Gasteiger partial charge in [0.1, 0.15) is 29.3 Å². The molecule has 0 amide bonds. The summed E-state index contributed by atoms with van der Waals surface area (Å²) in [7, 11) is 0. The first-order valence-electron chi connectivity index (χ1n) is 15.7. The summed E-state index contributed by atoms with van der Waals surface area (Å²) < 4.78 is 7.97. The highest BCUT2D eigenvalue weighted by Crippen LogP contribution is 2.36. The van der Waals surface area contributed by atoms with Gasteiger partial charge in [-0.05, 0) is 81.1 Å². The lowest BCUT2D eigenvalue weighted by atomic mass is 9.96. The number of nitrogens with one attached hydrogen (secondary N) is 2. The van der Waals surface area contributed by atoms with E-state index in [1.807, 2.05) is 54.6 Å². The Hall–Kier alpha value is -3.53. The van der Waals surface area contributed by atoms with E-state index >= 15 is 0 Å². The first-order valence-corrected chi connectivity index (χ1v) is 15.7. The molecule has 222 valence electrons. The minimum atomic E-state index is 0.370. The lowest BCUT2D eigenvalue weighted by molar-refractivity contribution is 0.186. The highest BCUT2D eigenvalue weighted by atomic mass is 16.5. The van der Waals surface area contributed by atoms with Gasteiger partial charge in [-0.25, -0.2) is 14.6 Å². The molecule has 7 rings (SSSR count). The number of anilines is 1. The number of ether oxygens (including phenoxy) is 1. The second kappa shape index (κ2) is 14.1. The Bertz CT molecular complexity index is 1370. The average molecular weight is 569 g/mol. The van der Waals surface area contributed by atoms with E-state index in [-0.39, 0.29) is 0 Å². The monoisotopic (exact) mass is 568 g/mol. The minimum absolute atomic E-state index is 0.370. The summed E-state index contributed by atoms with van der Waals surface area (Å²) in [5.41, 5.74) is 8.87. The zero-order chi connectivity index (χ0) is 28.6. The van der Waals surface area contributed by atoms with Crippen molar-refractivity contribution in [2.75, 3.05) is 51.5 Å². The Morgan fingerprint density at radius 2 is 1.48 bits per heavy atom. The van der Waals surface area contributed by atoms with Crippen LogP contribution in [0, 0.1) is 5.92 Å². The molecular weight excluding hydrogens is 524 g/mol. The molecule has 3 fully saturated rings. The highest BCUT2D eigenvalue weighted by Gasteiger charge is 2.23. The summed E-state index contributed by atoms with van der Waals surface area (Å²) in [4.78, 5) is 11.4. The number of nitrogens with zero attached hydrogens (tertiary/aromatic N) is 5. The largest absolute Gasteiger partial charge is 0.457 e. The van der Waals surface area contributed by atoms with Crippen LogP contribution in [0.3, 0.4) is 0 Å². The molecule has 9 nitrogen and oxygen atoms in total. The van der Waals surface area contributed by atoms with E-state index in [0.29, 0.717) is 11.9 Å². The Balaban J connectivity index is 0.000000203. The normalized spacial score (nSPS) is 18.9. The quantitative estimate of drug-likeness (QED) is 0.289. The summed E-state index contributed by atoms with van der Waals surface area (Å²) in [5, 5.41) is 12.6. The summed E-state index contributed by atoms with van der Waals surface area (Å²) in [6.07, 6.45) is 10.3. The molecule has 2 aromatic carbocycles. The maximum atomic E-state index is 6.24. The van der Waals surface area contributed by atoms with Gasteiger partial charge in [-0.3, -0.25) is 0 Å². The standard InChI is InChI=1S/C23H23N5O.C10H21N3/c24-22-20-21(16-11-13-19(14-12-16)29-18-9-5-2-6-10-18)27-28(23(20)26-15-25-22)17-7-3-1-4-8-17;1-3-11-4-2-10(1)9-13-7-5-12-6-8-13/h2,5-6,9-15,17H,1,3-4,7-8H2,(H2,24,25,26);10-12H,1-9H2. The molecule has 1 saturated carbocycles. The summed E-state index contributed by atoms with van der Waals surface area (Å²) in [5.74, 6) is 3.01. The first kappa shape index (κ1) is 28.6. The van der Waals surface area contributed by atoms with Crippen LogP contribution in [0.15, 0.2) is 60.9 Å². The number of nitrogens with two attached hydrogens (primary N) is 1. The van der Waals surface area contributed by atoms with Crippen LogP contribution in [0.4, 0.5) is 5.82 Å². The first-order chi connectivity index (χ1) is 20.7. The zero-order valence-electron chi connectivity index (χ0n) is 24.5. The van der Waals surface area contributed by atoms with Gasteiger partial charge in [-0.1, -0.05) is 37.5 Å². The van der Waals surface area contributed by atoms with Gasteiger partial charge in [0.2, 0.25) is 0 Å². The molecule has 42 heavy (non-hydrogen) atoms. The molecule has 0 unspecified atom stereocenters. The molecule has 3 aliphatic rings. The second-order valence-corrected chi connectivity index (χ2v) is 11.7. The van der Waals surface area contributed by atoms with Crippen molar-refractivity contribution in [1.82, 2.24) is 35.3 Å². The van der Waals surface area contributed by atoms with Gasteiger partial charge in [-0.2, -0.15) is 5.10 Å². The van der Waals surface area contributed by atoms with Gasteiger partial charge >= 0.3 is 0 Å². The Morgan fingerprint density at radius 3 is 2.21 bits per heavy atom. The van der Waals surface area contributed by atoms with E-state index in [4.69, 9.17) is 15.6 Å². The van der Waals surface area contributed by atoms with Crippen LogP contribution in [-0.4, -0.2) is 70.5 Å². The number of rotatable bonds is 6. The predicted octanol–water partition coefficient (Wildman–Crippen LogP) is 5.26. The van der Waals surface area contributed by atoms with Crippen molar-refractivity contribution in [2.45, 2.75) is 51.0 Å². The van der Waals surface area contributed by atoms with Crippen molar-refractivity contribution in [3.63, 3.8) is 0 Å². The summed E-state index contributed by atoms with van der Waals surface area (Å²) >= 11 is 0. The number of hydrogen-bond acceptors (Lipinski definition) is 8. The van der Waals surface area contributed by atoms with E-state index < -0.39 is 0 Å². The van der Waals surface area contributed by atoms with Gasteiger partial charge < -0.3 is 26.0 Å². The third kappa shape index (κ3) is 7.09. The highest BCUT2D eigenvalue weighted by molar-refractivity contribution is 5.98. The average Bonchev–Trinajstić information content (AvgIpc) is 3.45. The SMILES string of the molecule is C1CC(CN2CCNCC2)CCN1.Nc1ncnc2c1c(-c1ccc(Oc3ccccc3)cc1)nn2C1CCCCC1. The van der Waals surface area contributed by atoms with Crippen LogP contribution in [0.2, 0.25) is 0 Å². The van der Waals surface area contributed by atoms with Crippen molar-refractivity contribution in [1.29, 1.82) is 0 Å². The van der Waals surface area contributed by atoms with Crippen molar-refractivity contribution >= 4 is 16.9 Å². The maximum Gasteiger partial charge on any atom is 0.164 e. The molecule has 2 aromatic heterocycles. The van der Waals surface area contributed by atoms with E-state index in [9.17, 15) is 0 Å². The number of aromatic nitrogens is 4. The minimum Gasteiger partial charge on any atom is -0.457 e. The number of para-hydroxylation sites is 1. The fraction of sp³-hybridized carbons (Fsp3) is 0.485. The topological polar surface area (TPSA) is 106 Å². The van der Waals surface area contributed by atoms with Crippen LogP contribution in [0.25, 0.3) is 22.3 Å². The smallest absolute Gasteiger partial charge is 0.164 e. The summed E-state index contributed by atoms with van der Waals surface area (Å²) in [6, 6.07) is 18.0. The molecule has 1 aliphatic carbocycles. The molecule has 0 bridgehead atoms. The van der Waals surface area contributed by atoms with Crippen molar-refractivity contribution < 1.29 is 4.74 Å². The molecule has 0 atom stereocenters. The number of piperazine rings is 1. The molecule has 4 N–H and O–H groups in total. The zero-order valence-corrected chi connectivity index (χ0v) is 24.5. The van der Waals surface area contributed by atoms with Crippen molar-refractivity contribution in [3.8, 4) is 22.8 Å². The summed E-state index contributed by atoms with van der Waals surface area (Å²) in [6.45, 7) is 8.68. The van der Waals surface area contributed by atoms with E-state index in [1.165, 1.54) is 84.2 Å². The molecule has 2 aliphatic heterocycles. The second-order valence-electron chi connectivity index (χ2n) is 11.7. The van der Waals surface area contributed by atoms with Crippen molar-refractivity contribution in [2.24, 2.45) is 5.92 Å². The van der Waals surface area contributed by atoms with E-state index in [1.54, 1.807) is 0 Å². The molecular formula is C33H44N8O. The molecule has 0 spiro atoms. The maximum absolute atomic E-state index is 6.24. The Morgan fingerprint density at radius 1 is 0.786 bits per heavy atom. The number of benzene rings is 2. The lowest BCUT2D eigenvalue weighted by Crippen LogP contribution is -2.46. The van der Waals surface area contributed by atoms with E-state index in [2.05, 4.69) is 30.2 Å². The number of hydrogen-bond donors (Lipinski definition) is 3. The van der Waals surface area contributed by atoms with Crippen LogP contribution < -0.4 is 21.1 Å². The number of fused-ring (bicyclic) bond motifs is 1. The van der Waals surface area contributed by atoms with Gasteiger partial charge in [0.05, 0.1) is 11.4 Å². The van der Waals surface area contributed by atoms with Gasteiger partial charge in [0.25, 0.3) is 0 Å². The lowest BCUT2D eigenvalue weighted by Gasteiger charge is -2.32. The van der Waals surface area contributed by atoms with Crippen LogP contribution in [-0.2, 0) is 0 Å². The van der Waals surface area contributed by atoms with Crippen molar-refractivity contribution in [3.05, 3.63) is 60.9 Å². The molecule has 9 heteroatoms. The van der Waals surface area contributed by atoms with Gasteiger partial charge in [-0.15, -0.1) is 0 Å². The van der Waals surface area contributed by atoms with E-state index in [0.717, 1.165) is 52.5 Å². The molecule has 2 saturated heterocycles. The van der Waals surface area contributed by atoms with Gasteiger partial charge in [0, 0.05) is 38.3 Å². The fourth-order valence-corrected chi connectivity index (χ4v) is 6.41. The molecule has 0 radical (unpaired) electrons. The van der Waals surface area contributed by atoms with Gasteiger partial charge in [0.15, 0.2) is 5.65 Å². The third-order valence-corrected chi connectivity index (χ3v) is 8.73. The third-order valence-electron chi connectivity index (χ3n) is 8.73. The van der Waals surface area contributed by atoms with Crippen LogP contribution in [0.5, 0.6) is 11.5 Å². The fourth-order valence-electron chi connectivity index (χ4n) is 6.41. The molecule has 4 aromatic rings. The Kier molecular flexibility index (Phi) is 9.59. The predicted molar refractivity (Wildman–Crippen MR) is 169 cm³/mol. The van der Waals surface area contributed by atoms with Crippen LogP contribution >= 0.6 is 0 Å². The number of nitrogen functional groups attached to an aromatic ring is 1. The number of piperidine rings is 1. The van der Waals surface area contributed by atoms with Crippen LogP contribution in [0.1, 0.15) is 51.0 Å². The molecule has 4 heterocycles. The Labute approximate surface area is 248 Å².